The van der Waals surface area contributed by atoms with E-state index in [0.717, 1.165) is 34.1 Å². The van der Waals surface area contributed by atoms with Gasteiger partial charge in [-0.3, -0.25) is 9.78 Å². The summed E-state index contributed by atoms with van der Waals surface area (Å²) < 4.78 is 5.87. The average Bonchev–Trinajstić information content (AvgIpc) is 2.84. The van der Waals surface area contributed by atoms with E-state index in [4.69, 9.17) is 4.74 Å². The number of aromatic nitrogens is 1. The SMILES string of the molecule is O=C(NC(Cc1ccccc1)C(=O)O)c1ccc2cc(OCCc3ccncc3)ccc2c1. The highest BCUT2D eigenvalue weighted by atomic mass is 16.5. The molecule has 1 amide bonds. The Labute approximate surface area is 191 Å². The van der Waals surface area contributed by atoms with Crippen LogP contribution in [-0.4, -0.2) is 34.6 Å². The zero-order chi connectivity index (χ0) is 23.0. The number of rotatable bonds is 9. The highest BCUT2D eigenvalue weighted by molar-refractivity contribution is 6.00. The fourth-order valence-electron chi connectivity index (χ4n) is 3.58. The molecule has 2 N–H and O–H groups in total. The second kappa shape index (κ2) is 10.4. The first kappa shape index (κ1) is 22.0. The minimum atomic E-state index is -1.07. The molecule has 33 heavy (non-hydrogen) atoms. The number of hydrogen-bond acceptors (Lipinski definition) is 4. The molecule has 0 bridgehead atoms. The summed E-state index contributed by atoms with van der Waals surface area (Å²) in [6, 6.07) is 23.1. The Morgan fingerprint density at radius 3 is 2.36 bits per heavy atom. The van der Waals surface area contributed by atoms with Gasteiger partial charge in [0.1, 0.15) is 11.8 Å². The first-order chi connectivity index (χ1) is 16.1. The van der Waals surface area contributed by atoms with Crippen LogP contribution in [0.15, 0.2) is 91.3 Å². The van der Waals surface area contributed by atoms with Crippen molar-refractivity contribution in [3.05, 3.63) is 108 Å². The fraction of sp³-hybridized carbons (Fsp3) is 0.148. The van der Waals surface area contributed by atoms with Crippen molar-refractivity contribution in [3.63, 3.8) is 0 Å². The van der Waals surface area contributed by atoms with E-state index in [1.807, 2.05) is 66.7 Å². The Morgan fingerprint density at radius 1 is 0.879 bits per heavy atom. The maximum atomic E-state index is 12.7. The van der Waals surface area contributed by atoms with E-state index in [1.165, 1.54) is 0 Å². The number of fused-ring (bicyclic) bond motifs is 1. The number of amides is 1. The molecular weight excluding hydrogens is 416 g/mol. The summed E-state index contributed by atoms with van der Waals surface area (Å²) in [5.74, 6) is -0.734. The van der Waals surface area contributed by atoms with Crippen molar-refractivity contribution in [1.29, 1.82) is 0 Å². The molecule has 1 aromatic heterocycles. The highest BCUT2D eigenvalue weighted by Gasteiger charge is 2.21. The van der Waals surface area contributed by atoms with Crippen molar-refractivity contribution in [2.24, 2.45) is 0 Å². The number of benzene rings is 3. The molecule has 0 aliphatic heterocycles. The van der Waals surface area contributed by atoms with Crippen molar-refractivity contribution >= 4 is 22.6 Å². The molecular formula is C27H24N2O4. The lowest BCUT2D eigenvalue weighted by molar-refractivity contribution is -0.139. The van der Waals surface area contributed by atoms with E-state index in [2.05, 4.69) is 10.3 Å². The van der Waals surface area contributed by atoms with Crippen LogP contribution >= 0.6 is 0 Å². The van der Waals surface area contributed by atoms with Gasteiger partial charge in [0.15, 0.2) is 0 Å². The number of carboxylic acid groups (broad SMARTS) is 1. The Bertz CT molecular complexity index is 1240. The Hall–Kier alpha value is -4.19. The maximum absolute atomic E-state index is 12.7. The summed E-state index contributed by atoms with van der Waals surface area (Å²) in [5, 5.41) is 14.0. The van der Waals surface area contributed by atoms with Crippen LogP contribution in [-0.2, 0) is 17.6 Å². The first-order valence-corrected chi connectivity index (χ1v) is 10.7. The highest BCUT2D eigenvalue weighted by Crippen LogP contribution is 2.22. The summed E-state index contributed by atoms with van der Waals surface area (Å²) in [6.07, 6.45) is 4.53. The number of nitrogens with one attached hydrogen (secondary N) is 1. The number of carbonyl (C=O) groups is 2. The largest absolute Gasteiger partial charge is 0.493 e. The molecule has 0 saturated heterocycles. The number of hydrogen-bond donors (Lipinski definition) is 2. The Morgan fingerprint density at radius 2 is 1.61 bits per heavy atom. The number of nitrogens with zero attached hydrogens (tertiary/aromatic N) is 1. The molecule has 1 heterocycles. The molecule has 1 unspecified atom stereocenters. The minimum Gasteiger partial charge on any atom is -0.493 e. The zero-order valence-corrected chi connectivity index (χ0v) is 18.0. The first-order valence-electron chi connectivity index (χ1n) is 10.7. The summed E-state index contributed by atoms with van der Waals surface area (Å²) in [6.45, 7) is 0.550. The van der Waals surface area contributed by atoms with Crippen LogP contribution in [0.4, 0.5) is 0 Å². The van der Waals surface area contributed by atoms with E-state index >= 15 is 0 Å². The summed E-state index contributed by atoms with van der Waals surface area (Å²) in [7, 11) is 0. The standard InChI is InChI=1S/C27H24N2O4/c30-26(29-25(27(31)32)16-20-4-2-1-3-5-20)23-7-6-22-18-24(9-8-21(22)17-23)33-15-12-19-10-13-28-14-11-19/h1-11,13-14,17-18,25H,12,15-16H2,(H,29,30)(H,31,32). The van der Waals surface area contributed by atoms with Gasteiger partial charge in [-0.1, -0.05) is 42.5 Å². The molecule has 3 aromatic carbocycles. The third kappa shape index (κ3) is 5.95. The minimum absolute atomic E-state index is 0.218. The van der Waals surface area contributed by atoms with Crippen LogP contribution in [0.1, 0.15) is 21.5 Å². The number of pyridine rings is 1. The molecule has 0 spiro atoms. The lowest BCUT2D eigenvalue weighted by atomic mass is 10.0. The molecule has 6 nitrogen and oxygen atoms in total. The van der Waals surface area contributed by atoms with Gasteiger partial charge in [0, 0.05) is 30.8 Å². The molecule has 0 aliphatic carbocycles. The van der Waals surface area contributed by atoms with Crippen LogP contribution < -0.4 is 10.1 Å². The van der Waals surface area contributed by atoms with Gasteiger partial charge >= 0.3 is 5.97 Å². The van der Waals surface area contributed by atoms with Gasteiger partial charge in [-0.15, -0.1) is 0 Å². The summed E-state index contributed by atoms with van der Waals surface area (Å²) >= 11 is 0. The van der Waals surface area contributed by atoms with Gasteiger partial charge in [0.05, 0.1) is 6.61 Å². The number of ether oxygens (including phenoxy) is 1. The molecule has 4 rings (SSSR count). The van der Waals surface area contributed by atoms with Gasteiger partial charge in [-0.25, -0.2) is 4.79 Å². The van der Waals surface area contributed by atoms with Crippen molar-refractivity contribution in [2.75, 3.05) is 6.61 Å². The second-order valence-electron chi connectivity index (χ2n) is 7.73. The summed E-state index contributed by atoms with van der Waals surface area (Å²) in [5.41, 5.74) is 2.42. The van der Waals surface area contributed by atoms with Crippen molar-refractivity contribution in [1.82, 2.24) is 10.3 Å². The molecule has 0 radical (unpaired) electrons. The van der Waals surface area contributed by atoms with Crippen molar-refractivity contribution < 1.29 is 19.4 Å². The molecule has 1 atom stereocenters. The molecule has 0 saturated carbocycles. The molecule has 0 fully saturated rings. The van der Waals surface area contributed by atoms with Crippen LogP contribution in [0.5, 0.6) is 5.75 Å². The van der Waals surface area contributed by atoms with Gasteiger partial charge in [-0.2, -0.15) is 0 Å². The smallest absolute Gasteiger partial charge is 0.326 e. The van der Waals surface area contributed by atoms with Gasteiger partial charge in [0.25, 0.3) is 5.91 Å². The normalized spacial score (nSPS) is 11.6. The lowest BCUT2D eigenvalue weighted by Crippen LogP contribution is -2.42. The van der Waals surface area contributed by atoms with Gasteiger partial charge in [-0.05, 0) is 58.3 Å². The molecule has 166 valence electrons. The lowest BCUT2D eigenvalue weighted by Gasteiger charge is -2.15. The zero-order valence-electron chi connectivity index (χ0n) is 18.0. The second-order valence-corrected chi connectivity index (χ2v) is 7.73. The Balaban J connectivity index is 1.40. The maximum Gasteiger partial charge on any atom is 0.326 e. The monoisotopic (exact) mass is 440 g/mol. The van der Waals surface area contributed by atoms with E-state index < -0.39 is 17.9 Å². The molecule has 6 heteroatoms. The van der Waals surface area contributed by atoms with Crippen LogP contribution in [0.25, 0.3) is 10.8 Å². The van der Waals surface area contributed by atoms with Crippen molar-refractivity contribution in [2.45, 2.75) is 18.9 Å². The molecule has 4 aromatic rings. The summed E-state index contributed by atoms with van der Waals surface area (Å²) in [4.78, 5) is 28.4. The third-order valence-corrected chi connectivity index (χ3v) is 5.37. The van der Waals surface area contributed by atoms with E-state index in [0.29, 0.717) is 12.2 Å². The topological polar surface area (TPSA) is 88.5 Å². The Kier molecular flexibility index (Phi) is 6.95. The number of carbonyl (C=O) groups excluding carboxylic acids is 1. The van der Waals surface area contributed by atoms with E-state index in [1.54, 1.807) is 24.5 Å². The average molecular weight is 440 g/mol. The van der Waals surface area contributed by atoms with Crippen LogP contribution in [0.3, 0.4) is 0 Å². The van der Waals surface area contributed by atoms with Gasteiger partial charge in [0.2, 0.25) is 0 Å². The van der Waals surface area contributed by atoms with E-state index in [-0.39, 0.29) is 6.42 Å². The van der Waals surface area contributed by atoms with Crippen LogP contribution in [0, 0.1) is 0 Å². The third-order valence-electron chi connectivity index (χ3n) is 5.37. The predicted molar refractivity (Wildman–Crippen MR) is 126 cm³/mol. The number of aliphatic carboxylic acids is 1. The van der Waals surface area contributed by atoms with Crippen LogP contribution in [0.2, 0.25) is 0 Å². The quantitative estimate of drug-likeness (QED) is 0.406. The van der Waals surface area contributed by atoms with Crippen molar-refractivity contribution in [3.8, 4) is 5.75 Å². The predicted octanol–water partition coefficient (Wildman–Crippen LogP) is 4.28. The van der Waals surface area contributed by atoms with Gasteiger partial charge < -0.3 is 15.2 Å². The fourth-order valence-corrected chi connectivity index (χ4v) is 3.58. The van der Waals surface area contributed by atoms with E-state index in [9.17, 15) is 14.7 Å². The number of carboxylic acids is 1. The molecule has 0 aliphatic rings.